The van der Waals surface area contributed by atoms with E-state index in [2.05, 4.69) is 83.6 Å². The number of guanidine groups is 1. The first kappa shape index (κ1) is 22.1. The fourth-order valence-corrected chi connectivity index (χ4v) is 4.32. The molecule has 0 amide bonds. The molecular formula is C21H37N5S. The van der Waals surface area contributed by atoms with Gasteiger partial charge in [0, 0.05) is 62.5 Å². The third kappa shape index (κ3) is 7.72. The van der Waals surface area contributed by atoms with E-state index in [1.165, 1.54) is 4.90 Å². The van der Waals surface area contributed by atoms with E-state index in [1.54, 1.807) is 0 Å². The molecule has 5 nitrogen and oxygen atoms in total. The number of piperazine rings is 1. The molecule has 1 aliphatic heterocycles. The first-order valence-corrected chi connectivity index (χ1v) is 11.0. The number of nitrogens with zero attached hydrogens (tertiary/aromatic N) is 3. The van der Waals surface area contributed by atoms with Crippen molar-refractivity contribution < 1.29 is 0 Å². The summed E-state index contributed by atoms with van der Waals surface area (Å²) in [5.74, 6) is 1.52. The fourth-order valence-electron chi connectivity index (χ4n) is 3.38. The third-order valence-electron chi connectivity index (χ3n) is 5.12. The number of hydrogen-bond acceptors (Lipinski definition) is 4. The van der Waals surface area contributed by atoms with Crippen LogP contribution in [0.2, 0.25) is 0 Å². The normalized spacial score (nSPS) is 19.1. The maximum absolute atomic E-state index is 4.41. The van der Waals surface area contributed by atoms with Gasteiger partial charge in [0.15, 0.2) is 5.96 Å². The van der Waals surface area contributed by atoms with Gasteiger partial charge in [-0.15, -0.1) is 11.8 Å². The second-order valence-electron chi connectivity index (χ2n) is 7.73. The van der Waals surface area contributed by atoms with Crippen LogP contribution in [0.4, 0.5) is 0 Å². The number of thioether (sulfide) groups is 1. The molecule has 0 radical (unpaired) electrons. The van der Waals surface area contributed by atoms with E-state index in [0.717, 1.165) is 45.2 Å². The molecule has 27 heavy (non-hydrogen) atoms. The van der Waals surface area contributed by atoms with Gasteiger partial charge in [-0.2, -0.15) is 0 Å². The van der Waals surface area contributed by atoms with Crippen LogP contribution >= 0.6 is 11.8 Å². The minimum atomic E-state index is 0.476. The lowest BCUT2D eigenvalue weighted by molar-refractivity contribution is 0.0900. The average Bonchev–Trinajstić information content (AvgIpc) is 2.66. The smallest absolute Gasteiger partial charge is 0.191 e. The molecule has 2 unspecified atom stereocenters. The van der Waals surface area contributed by atoms with Crippen LogP contribution in [0.3, 0.4) is 0 Å². The highest BCUT2D eigenvalue weighted by Gasteiger charge is 2.25. The molecule has 2 rings (SSSR count). The first-order valence-electron chi connectivity index (χ1n) is 10.1. The Bertz CT molecular complexity index is 555. The molecular weight excluding hydrogens is 354 g/mol. The highest BCUT2D eigenvalue weighted by Crippen LogP contribution is 2.21. The van der Waals surface area contributed by atoms with Crippen LogP contribution in [0, 0.1) is 5.92 Å². The van der Waals surface area contributed by atoms with Crippen molar-refractivity contribution in [2.24, 2.45) is 10.9 Å². The van der Waals surface area contributed by atoms with Gasteiger partial charge < -0.3 is 15.5 Å². The largest absolute Gasteiger partial charge is 0.355 e. The summed E-state index contributed by atoms with van der Waals surface area (Å²) in [5, 5.41) is 7.51. The van der Waals surface area contributed by atoms with Crippen molar-refractivity contribution in [1.82, 2.24) is 20.4 Å². The molecule has 0 spiro atoms. The summed E-state index contributed by atoms with van der Waals surface area (Å²) < 4.78 is 0. The fraction of sp³-hybridized carbons (Fsp3) is 0.667. The predicted molar refractivity (Wildman–Crippen MR) is 119 cm³/mol. The molecule has 1 fully saturated rings. The van der Waals surface area contributed by atoms with E-state index in [0.29, 0.717) is 17.2 Å². The number of benzene rings is 1. The summed E-state index contributed by atoms with van der Waals surface area (Å²) in [6.07, 6.45) is 0. The molecule has 0 saturated carbocycles. The monoisotopic (exact) mass is 391 g/mol. The van der Waals surface area contributed by atoms with E-state index in [4.69, 9.17) is 0 Å². The summed E-state index contributed by atoms with van der Waals surface area (Å²) in [5.41, 5.74) is 0. The Balaban J connectivity index is 1.77. The van der Waals surface area contributed by atoms with Gasteiger partial charge >= 0.3 is 0 Å². The highest BCUT2D eigenvalue weighted by atomic mass is 32.2. The van der Waals surface area contributed by atoms with E-state index < -0.39 is 0 Å². The summed E-state index contributed by atoms with van der Waals surface area (Å²) in [4.78, 5) is 10.8. The molecule has 1 heterocycles. The molecule has 1 saturated heterocycles. The van der Waals surface area contributed by atoms with Crippen LogP contribution in [0.25, 0.3) is 0 Å². The van der Waals surface area contributed by atoms with Crippen LogP contribution < -0.4 is 10.6 Å². The molecule has 0 bridgehead atoms. The summed E-state index contributed by atoms with van der Waals surface area (Å²) in [6.45, 7) is 13.3. The Morgan fingerprint density at radius 1 is 1.04 bits per heavy atom. The van der Waals surface area contributed by atoms with Gasteiger partial charge in [0.25, 0.3) is 0 Å². The van der Waals surface area contributed by atoms with Gasteiger partial charge in [-0.05, 0) is 25.1 Å². The Hall–Kier alpha value is -1.24. The lowest BCUT2D eigenvalue weighted by atomic mass is 10.0. The lowest BCUT2D eigenvalue weighted by Crippen LogP contribution is -2.55. The Morgan fingerprint density at radius 2 is 1.67 bits per heavy atom. The van der Waals surface area contributed by atoms with Crippen LogP contribution in [-0.2, 0) is 0 Å². The molecule has 6 heteroatoms. The van der Waals surface area contributed by atoms with Gasteiger partial charge in [-0.1, -0.05) is 39.0 Å². The Kier molecular flexibility index (Phi) is 9.45. The van der Waals surface area contributed by atoms with Crippen LogP contribution in [0.5, 0.6) is 0 Å². The SMILES string of the molecule is CN=C(NCC(C)Sc1ccccc1)NCC(C(C)C)N1CCN(C)CC1. The van der Waals surface area contributed by atoms with Crippen molar-refractivity contribution >= 4 is 17.7 Å². The number of nitrogens with one attached hydrogen (secondary N) is 2. The molecule has 0 aliphatic carbocycles. The Morgan fingerprint density at radius 3 is 2.26 bits per heavy atom. The van der Waals surface area contributed by atoms with Crippen molar-refractivity contribution in [3.8, 4) is 0 Å². The standard InChI is InChI=1S/C21H37N5S/c1-17(2)20(26-13-11-25(5)12-14-26)16-24-21(22-4)23-15-18(3)27-19-9-7-6-8-10-19/h6-10,17-18,20H,11-16H2,1-5H3,(H2,22,23,24). The third-order valence-corrected chi connectivity index (χ3v) is 6.23. The number of hydrogen-bond donors (Lipinski definition) is 2. The average molecular weight is 392 g/mol. The van der Waals surface area contributed by atoms with Crippen LogP contribution in [0.15, 0.2) is 40.2 Å². The number of likely N-dealkylation sites (N-methyl/N-ethyl adjacent to an activating group) is 1. The summed E-state index contributed by atoms with van der Waals surface area (Å²) >= 11 is 1.89. The molecule has 0 aromatic heterocycles. The van der Waals surface area contributed by atoms with Crippen molar-refractivity contribution in [2.45, 2.75) is 37.0 Å². The first-order chi connectivity index (χ1) is 13.0. The van der Waals surface area contributed by atoms with Gasteiger partial charge in [-0.3, -0.25) is 9.89 Å². The lowest BCUT2D eigenvalue weighted by Gasteiger charge is -2.40. The molecule has 1 aromatic carbocycles. The topological polar surface area (TPSA) is 42.9 Å². The molecule has 152 valence electrons. The number of aliphatic imine (C=N–C) groups is 1. The van der Waals surface area contributed by atoms with Gasteiger partial charge in [-0.25, -0.2) is 0 Å². The summed E-state index contributed by atoms with van der Waals surface area (Å²) in [6, 6.07) is 11.1. The molecule has 1 aromatic rings. The molecule has 1 aliphatic rings. The van der Waals surface area contributed by atoms with Crippen molar-refractivity contribution in [3.05, 3.63) is 30.3 Å². The van der Waals surface area contributed by atoms with E-state index in [9.17, 15) is 0 Å². The van der Waals surface area contributed by atoms with Crippen molar-refractivity contribution in [2.75, 3.05) is 53.4 Å². The maximum Gasteiger partial charge on any atom is 0.191 e. The van der Waals surface area contributed by atoms with E-state index >= 15 is 0 Å². The minimum Gasteiger partial charge on any atom is -0.355 e. The van der Waals surface area contributed by atoms with Crippen molar-refractivity contribution in [1.29, 1.82) is 0 Å². The van der Waals surface area contributed by atoms with Gasteiger partial charge in [0.2, 0.25) is 0 Å². The molecule has 2 atom stereocenters. The Labute approximate surface area is 170 Å². The molecule has 2 N–H and O–H groups in total. The predicted octanol–water partition coefficient (Wildman–Crippen LogP) is 2.60. The quantitative estimate of drug-likeness (QED) is 0.405. The van der Waals surface area contributed by atoms with E-state index in [-0.39, 0.29) is 0 Å². The van der Waals surface area contributed by atoms with Crippen LogP contribution in [-0.4, -0.2) is 80.4 Å². The zero-order valence-corrected chi connectivity index (χ0v) is 18.4. The van der Waals surface area contributed by atoms with E-state index in [1.807, 2.05) is 18.8 Å². The minimum absolute atomic E-state index is 0.476. The highest BCUT2D eigenvalue weighted by molar-refractivity contribution is 8.00. The zero-order valence-electron chi connectivity index (χ0n) is 17.6. The zero-order chi connectivity index (χ0) is 19.6. The summed E-state index contributed by atoms with van der Waals surface area (Å²) in [7, 11) is 4.06. The van der Waals surface area contributed by atoms with Gasteiger partial charge in [0.1, 0.15) is 0 Å². The number of rotatable bonds is 8. The second-order valence-corrected chi connectivity index (χ2v) is 9.24. The second kappa shape index (κ2) is 11.6. The van der Waals surface area contributed by atoms with Crippen LogP contribution in [0.1, 0.15) is 20.8 Å². The van der Waals surface area contributed by atoms with Crippen molar-refractivity contribution in [3.63, 3.8) is 0 Å². The maximum atomic E-state index is 4.41. The van der Waals surface area contributed by atoms with Gasteiger partial charge in [0.05, 0.1) is 0 Å².